The number of methoxy groups -OCH3 is 2. The summed E-state index contributed by atoms with van der Waals surface area (Å²) in [6.07, 6.45) is 1.40. The third-order valence-corrected chi connectivity index (χ3v) is 3.95. The van der Waals surface area contributed by atoms with Gasteiger partial charge in [0, 0.05) is 16.5 Å². The molecule has 132 valence electrons. The number of rotatable bonds is 5. The Morgan fingerprint density at radius 3 is 2.58 bits per heavy atom. The number of carbonyl (C=O) groups excluding carboxylic acids is 1. The zero-order valence-electron chi connectivity index (χ0n) is 14.4. The fourth-order valence-electron chi connectivity index (χ4n) is 2.58. The van der Waals surface area contributed by atoms with Gasteiger partial charge in [-0.3, -0.25) is 4.79 Å². The molecule has 6 nitrogen and oxygen atoms in total. The highest BCUT2D eigenvalue weighted by Crippen LogP contribution is 2.28. The third-order valence-electron chi connectivity index (χ3n) is 3.95. The highest BCUT2D eigenvalue weighted by Gasteiger charge is 2.10. The Labute approximate surface area is 150 Å². The van der Waals surface area contributed by atoms with Gasteiger partial charge in [0.1, 0.15) is 5.75 Å². The number of amides is 1. The van der Waals surface area contributed by atoms with Crippen LogP contribution in [0.2, 0.25) is 0 Å². The molecule has 0 aliphatic heterocycles. The number of nitrogens with zero attached hydrogens (tertiary/aromatic N) is 1. The lowest BCUT2D eigenvalue weighted by Crippen LogP contribution is -2.17. The summed E-state index contributed by atoms with van der Waals surface area (Å²) in [5, 5.41) is 15.9. The highest BCUT2D eigenvalue weighted by atomic mass is 16.5. The number of hydrogen-bond acceptors (Lipinski definition) is 5. The van der Waals surface area contributed by atoms with Gasteiger partial charge in [-0.15, -0.1) is 0 Å². The van der Waals surface area contributed by atoms with Crippen LogP contribution in [0.1, 0.15) is 15.9 Å². The summed E-state index contributed by atoms with van der Waals surface area (Å²) in [5.74, 6) is 0.708. The monoisotopic (exact) mass is 350 g/mol. The fourth-order valence-corrected chi connectivity index (χ4v) is 2.58. The average Bonchev–Trinajstić information content (AvgIpc) is 2.69. The molecule has 0 unspecified atom stereocenters. The minimum absolute atomic E-state index is 0.118. The quantitative estimate of drug-likeness (QED) is 0.546. The average molecular weight is 350 g/mol. The van der Waals surface area contributed by atoms with Crippen molar-refractivity contribution >= 4 is 22.9 Å². The van der Waals surface area contributed by atoms with E-state index >= 15 is 0 Å². The van der Waals surface area contributed by atoms with Crippen molar-refractivity contribution in [2.45, 2.75) is 0 Å². The molecule has 3 aromatic carbocycles. The Kier molecular flexibility index (Phi) is 5.03. The summed E-state index contributed by atoms with van der Waals surface area (Å²) >= 11 is 0. The van der Waals surface area contributed by atoms with Crippen molar-refractivity contribution in [2.75, 3.05) is 14.2 Å². The molecule has 0 radical (unpaired) electrons. The predicted octanol–water partition coefficient (Wildman–Crippen LogP) is 3.33. The lowest BCUT2D eigenvalue weighted by Gasteiger charge is -2.08. The number of fused-ring (bicyclic) bond motifs is 1. The van der Waals surface area contributed by atoms with Crippen LogP contribution in [0, 0.1) is 0 Å². The van der Waals surface area contributed by atoms with Gasteiger partial charge in [0.05, 0.1) is 20.4 Å². The second kappa shape index (κ2) is 7.57. The van der Waals surface area contributed by atoms with Crippen molar-refractivity contribution in [2.24, 2.45) is 5.10 Å². The summed E-state index contributed by atoms with van der Waals surface area (Å²) in [6.45, 7) is 0. The maximum Gasteiger partial charge on any atom is 0.271 e. The van der Waals surface area contributed by atoms with Crippen LogP contribution in [0.15, 0.2) is 59.7 Å². The molecule has 0 aliphatic rings. The number of nitrogens with one attached hydrogen (secondary N) is 1. The molecule has 0 saturated carbocycles. The van der Waals surface area contributed by atoms with Gasteiger partial charge in [0.25, 0.3) is 5.91 Å². The first-order chi connectivity index (χ1) is 12.6. The van der Waals surface area contributed by atoms with Crippen molar-refractivity contribution in [3.63, 3.8) is 0 Å². The van der Waals surface area contributed by atoms with Crippen LogP contribution in [0.4, 0.5) is 0 Å². The van der Waals surface area contributed by atoms with E-state index in [1.165, 1.54) is 20.4 Å². The molecule has 0 fully saturated rings. The molecular weight excluding hydrogens is 332 g/mol. The Balaban J connectivity index is 1.76. The molecule has 0 heterocycles. The molecule has 3 rings (SSSR count). The Morgan fingerprint density at radius 2 is 1.81 bits per heavy atom. The maximum atomic E-state index is 12.2. The van der Waals surface area contributed by atoms with Crippen molar-refractivity contribution < 1.29 is 19.4 Å². The van der Waals surface area contributed by atoms with Gasteiger partial charge in [0.15, 0.2) is 11.5 Å². The van der Waals surface area contributed by atoms with Gasteiger partial charge < -0.3 is 14.6 Å². The molecule has 2 N–H and O–H groups in total. The van der Waals surface area contributed by atoms with E-state index in [0.717, 1.165) is 10.8 Å². The minimum atomic E-state index is -0.400. The Morgan fingerprint density at radius 1 is 1.04 bits per heavy atom. The predicted molar refractivity (Wildman–Crippen MR) is 100 cm³/mol. The normalized spacial score (nSPS) is 10.8. The Hall–Kier alpha value is -3.54. The maximum absolute atomic E-state index is 12.2. The summed E-state index contributed by atoms with van der Waals surface area (Å²) < 4.78 is 10.3. The molecule has 0 saturated heterocycles. The standard InChI is InChI=1S/C20H18N2O4/c1-25-17-10-9-14(11-18(17)26-2)20(24)22-21-12-15-8-7-13-5-3-4-6-16(13)19(15)23/h3-12,23H,1-2H3,(H,22,24)/b21-12+. The van der Waals surface area contributed by atoms with Crippen LogP contribution in [-0.4, -0.2) is 31.4 Å². The van der Waals surface area contributed by atoms with E-state index in [-0.39, 0.29) is 5.75 Å². The van der Waals surface area contributed by atoms with E-state index in [9.17, 15) is 9.90 Å². The SMILES string of the molecule is COc1ccc(C(=O)N/N=C/c2ccc3ccccc3c2O)cc1OC. The van der Waals surface area contributed by atoms with Gasteiger partial charge in [-0.1, -0.05) is 30.3 Å². The number of phenolic OH excluding ortho intramolecular Hbond substituents is 1. The zero-order valence-corrected chi connectivity index (χ0v) is 14.4. The Bertz CT molecular complexity index is 983. The summed E-state index contributed by atoms with van der Waals surface area (Å²) in [7, 11) is 3.03. The smallest absolute Gasteiger partial charge is 0.271 e. The van der Waals surface area contributed by atoms with Crippen molar-refractivity contribution in [3.05, 3.63) is 65.7 Å². The van der Waals surface area contributed by atoms with E-state index < -0.39 is 5.91 Å². The van der Waals surface area contributed by atoms with Gasteiger partial charge in [0.2, 0.25) is 0 Å². The first-order valence-corrected chi connectivity index (χ1v) is 7.90. The van der Waals surface area contributed by atoms with Crippen LogP contribution in [-0.2, 0) is 0 Å². The van der Waals surface area contributed by atoms with E-state index in [1.54, 1.807) is 24.3 Å². The second-order valence-electron chi connectivity index (χ2n) is 5.49. The molecule has 0 bridgehead atoms. The summed E-state index contributed by atoms with van der Waals surface area (Å²) in [6, 6.07) is 15.9. The zero-order chi connectivity index (χ0) is 18.5. The van der Waals surface area contributed by atoms with Crippen LogP contribution in [0.5, 0.6) is 17.2 Å². The second-order valence-corrected chi connectivity index (χ2v) is 5.49. The molecule has 0 aromatic heterocycles. The molecule has 0 atom stereocenters. The molecule has 6 heteroatoms. The van der Waals surface area contributed by atoms with E-state index in [0.29, 0.717) is 22.6 Å². The molecule has 0 spiro atoms. The van der Waals surface area contributed by atoms with E-state index in [2.05, 4.69) is 10.5 Å². The van der Waals surface area contributed by atoms with E-state index in [4.69, 9.17) is 9.47 Å². The lowest BCUT2D eigenvalue weighted by molar-refractivity contribution is 0.0954. The van der Waals surface area contributed by atoms with Gasteiger partial charge >= 0.3 is 0 Å². The van der Waals surface area contributed by atoms with Crippen molar-refractivity contribution in [3.8, 4) is 17.2 Å². The largest absolute Gasteiger partial charge is 0.507 e. The number of benzene rings is 3. The fraction of sp³-hybridized carbons (Fsp3) is 0.100. The van der Waals surface area contributed by atoms with Crippen LogP contribution in [0.3, 0.4) is 0 Å². The first-order valence-electron chi connectivity index (χ1n) is 7.90. The molecule has 3 aromatic rings. The molecule has 26 heavy (non-hydrogen) atoms. The van der Waals surface area contributed by atoms with Gasteiger partial charge in [-0.2, -0.15) is 5.10 Å². The van der Waals surface area contributed by atoms with Crippen LogP contribution in [0.25, 0.3) is 10.8 Å². The number of hydrogen-bond donors (Lipinski definition) is 2. The molecule has 1 amide bonds. The number of carbonyl (C=O) groups is 1. The van der Waals surface area contributed by atoms with Crippen molar-refractivity contribution in [1.82, 2.24) is 5.43 Å². The lowest BCUT2D eigenvalue weighted by atomic mass is 10.1. The molecular formula is C20H18N2O4. The van der Waals surface area contributed by atoms with E-state index in [1.807, 2.05) is 30.3 Å². The van der Waals surface area contributed by atoms with Gasteiger partial charge in [-0.25, -0.2) is 5.43 Å². The number of phenols is 1. The first kappa shape index (κ1) is 17.3. The number of hydrazone groups is 1. The highest BCUT2D eigenvalue weighted by molar-refractivity contribution is 5.98. The van der Waals surface area contributed by atoms with Crippen molar-refractivity contribution in [1.29, 1.82) is 0 Å². The third kappa shape index (κ3) is 3.44. The number of ether oxygens (including phenoxy) is 2. The van der Waals surface area contributed by atoms with Crippen LogP contribution < -0.4 is 14.9 Å². The summed E-state index contributed by atoms with van der Waals surface area (Å²) in [5.41, 5.74) is 3.32. The molecule has 0 aliphatic carbocycles. The van der Waals surface area contributed by atoms with Gasteiger partial charge in [-0.05, 0) is 29.7 Å². The van der Waals surface area contributed by atoms with Crippen LogP contribution >= 0.6 is 0 Å². The minimum Gasteiger partial charge on any atom is -0.507 e. The number of aromatic hydroxyl groups is 1. The summed E-state index contributed by atoms with van der Waals surface area (Å²) in [4.78, 5) is 12.2. The topological polar surface area (TPSA) is 80.2 Å².